The van der Waals surface area contributed by atoms with Crippen LogP contribution in [0.15, 0.2) is 0 Å². The summed E-state index contributed by atoms with van der Waals surface area (Å²) in [4.78, 5) is 33.1. The molecule has 0 rings (SSSR count). The van der Waals surface area contributed by atoms with E-state index < -0.39 is 28.9 Å². The molecule has 0 aliphatic rings. The first-order chi connectivity index (χ1) is 7.46. The largest absolute Gasteiger partial charge is 0.475 e. The van der Waals surface area contributed by atoms with Crippen molar-refractivity contribution >= 4 is 17.8 Å². The molecule has 2 N–H and O–H groups in total. The van der Waals surface area contributed by atoms with Crippen molar-refractivity contribution < 1.29 is 24.2 Å². The molecule has 6 nitrogen and oxygen atoms in total. The lowest BCUT2D eigenvalue weighted by atomic mass is 9.88. The molecule has 0 aromatic heterocycles. The van der Waals surface area contributed by atoms with Gasteiger partial charge in [0.2, 0.25) is 5.78 Å². The van der Waals surface area contributed by atoms with Crippen LogP contribution in [-0.4, -0.2) is 35.1 Å². The lowest BCUT2D eigenvalue weighted by Crippen LogP contribution is -2.43. The lowest BCUT2D eigenvalue weighted by molar-refractivity contribution is -0.153. The number of hydrogen-bond acceptors (Lipinski definition) is 4. The van der Waals surface area contributed by atoms with Crippen molar-refractivity contribution in [1.29, 1.82) is 0 Å². The second kappa shape index (κ2) is 5.16. The molecule has 1 amide bonds. The van der Waals surface area contributed by atoms with Gasteiger partial charge in [0, 0.05) is 6.54 Å². The zero-order chi connectivity index (χ0) is 13.9. The topological polar surface area (TPSA) is 92.7 Å². The van der Waals surface area contributed by atoms with Crippen molar-refractivity contribution in [2.75, 3.05) is 6.54 Å². The zero-order valence-electron chi connectivity index (χ0n) is 10.8. The van der Waals surface area contributed by atoms with Crippen LogP contribution in [-0.2, 0) is 14.3 Å². The van der Waals surface area contributed by atoms with E-state index >= 15 is 0 Å². The van der Waals surface area contributed by atoms with Crippen LogP contribution < -0.4 is 5.32 Å². The Labute approximate surface area is 100 Å². The van der Waals surface area contributed by atoms with Gasteiger partial charge in [0.15, 0.2) is 0 Å². The number of rotatable bonds is 4. The fraction of sp³-hybridized carbons (Fsp3) is 0.727. The van der Waals surface area contributed by atoms with Crippen LogP contribution in [0.4, 0.5) is 4.79 Å². The molecule has 0 fully saturated rings. The number of hydrogen-bond donors (Lipinski definition) is 2. The summed E-state index contributed by atoms with van der Waals surface area (Å²) in [5, 5.41) is 10.9. The first-order valence-corrected chi connectivity index (χ1v) is 5.20. The molecule has 17 heavy (non-hydrogen) atoms. The summed E-state index contributed by atoms with van der Waals surface area (Å²) < 4.78 is 4.96. The van der Waals surface area contributed by atoms with Gasteiger partial charge in [-0.2, -0.15) is 0 Å². The number of alkyl carbamates (subject to hydrolysis) is 1. The molecular weight excluding hydrogens is 226 g/mol. The fourth-order valence-corrected chi connectivity index (χ4v) is 0.977. The number of carboxylic acids is 1. The number of carboxylic acid groups (broad SMARTS) is 1. The Morgan fingerprint density at radius 2 is 1.59 bits per heavy atom. The lowest BCUT2D eigenvalue weighted by Gasteiger charge is -2.24. The summed E-state index contributed by atoms with van der Waals surface area (Å²) in [5.41, 5.74) is -1.80. The van der Waals surface area contributed by atoms with E-state index in [0.717, 1.165) is 0 Å². The number of nitrogens with one attached hydrogen (secondary N) is 1. The third kappa shape index (κ3) is 5.89. The van der Waals surface area contributed by atoms with Gasteiger partial charge in [-0.25, -0.2) is 9.59 Å². The molecule has 98 valence electrons. The van der Waals surface area contributed by atoms with Crippen LogP contribution in [0.5, 0.6) is 0 Å². The van der Waals surface area contributed by atoms with Gasteiger partial charge in [-0.1, -0.05) is 13.8 Å². The maximum Gasteiger partial charge on any atom is 0.407 e. The number of amides is 1. The maximum atomic E-state index is 11.3. The van der Waals surface area contributed by atoms with Gasteiger partial charge < -0.3 is 15.2 Å². The Balaban J connectivity index is 4.33. The normalized spacial score (nSPS) is 11.8. The SMILES string of the molecule is CC(C)(C)OC(=O)NCC(C)(C)C(=O)C(=O)O. The van der Waals surface area contributed by atoms with Crippen molar-refractivity contribution in [3.63, 3.8) is 0 Å². The van der Waals surface area contributed by atoms with Gasteiger partial charge in [-0.15, -0.1) is 0 Å². The summed E-state index contributed by atoms with van der Waals surface area (Å²) >= 11 is 0. The number of aliphatic carboxylic acids is 1. The number of carbonyl (C=O) groups excluding carboxylic acids is 2. The highest BCUT2D eigenvalue weighted by atomic mass is 16.6. The molecule has 0 saturated heterocycles. The van der Waals surface area contributed by atoms with E-state index in [-0.39, 0.29) is 6.54 Å². The van der Waals surface area contributed by atoms with Crippen LogP contribution in [0.1, 0.15) is 34.6 Å². The van der Waals surface area contributed by atoms with Crippen molar-refractivity contribution in [2.45, 2.75) is 40.2 Å². The van der Waals surface area contributed by atoms with E-state index in [9.17, 15) is 14.4 Å². The molecule has 0 heterocycles. The molecule has 0 radical (unpaired) electrons. The van der Waals surface area contributed by atoms with Crippen LogP contribution >= 0.6 is 0 Å². The second-order valence-corrected chi connectivity index (χ2v) is 5.37. The number of carbonyl (C=O) groups is 3. The summed E-state index contributed by atoms with van der Waals surface area (Å²) in [6.07, 6.45) is -0.677. The van der Waals surface area contributed by atoms with Crippen molar-refractivity contribution in [3.05, 3.63) is 0 Å². The van der Waals surface area contributed by atoms with Crippen LogP contribution in [0.25, 0.3) is 0 Å². The Hall–Kier alpha value is -1.59. The van der Waals surface area contributed by atoms with Crippen molar-refractivity contribution in [1.82, 2.24) is 5.32 Å². The van der Waals surface area contributed by atoms with E-state index in [1.807, 2.05) is 0 Å². The Bertz CT molecular complexity index is 327. The molecule has 0 aliphatic heterocycles. The molecule has 0 spiro atoms. The Morgan fingerprint density at radius 3 is 1.94 bits per heavy atom. The summed E-state index contributed by atoms with van der Waals surface area (Å²) in [6, 6.07) is 0. The van der Waals surface area contributed by atoms with E-state index in [1.165, 1.54) is 13.8 Å². The standard InChI is InChI=1S/C11H19NO5/c1-10(2,3)17-9(16)12-6-11(4,5)7(13)8(14)15/h6H2,1-5H3,(H,12,16)(H,14,15). The minimum Gasteiger partial charge on any atom is -0.475 e. The van der Waals surface area contributed by atoms with E-state index in [1.54, 1.807) is 20.8 Å². The van der Waals surface area contributed by atoms with Crippen LogP contribution in [0, 0.1) is 5.41 Å². The first-order valence-electron chi connectivity index (χ1n) is 5.20. The molecule has 0 aromatic carbocycles. The number of ketones is 1. The quantitative estimate of drug-likeness (QED) is 0.726. The van der Waals surface area contributed by atoms with Gasteiger partial charge in [-0.3, -0.25) is 4.79 Å². The number of Topliss-reactive ketones (excluding diaryl/α,β-unsaturated/α-hetero) is 1. The highest BCUT2D eigenvalue weighted by Crippen LogP contribution is 2.15. The molecule has 0 bridgehead atoms. The van der Waals surface area contributed by atoms with Crippen LogP contribution in [0.2, 0.25) is 0 Å². The van der Waals surface area contributed by atoms with Gasteiger partial charge in [0.25, 0.3) is 0 Å². The van der Waals surface area contributed by atoms with Crippen LogP contribution in [0.3, 0.4) is 0 Å². The Kier molecular flexibility index (Phi) is 4.68. The minimum absolute atomic E-state index is 0.0902. The monoisotopic (exact) mass is 245 g/mol. The molecule has 0 aliphatic carbocycles. The molecule has 0 unspecified atom stereocenters. The highest BCUT2D eigenvalue weighted by molar-refractivity contribution is 6.34. The van der Waals surface area contributed by atoms with E-state index in [4.69, 9.17) is 9.84 Å². The van der Waals surface area contributed by atoms with Gasteiger partial charge in [0.1, 0.15) is 5.60 Å². The third-order valence-electron chi connectivity index (χ3n) is 1.88. The number of ether oxygens (including phenoxy) is 1. The summed E-state index contributed by atoms with van der Waals surface area (Å²) in [7, 11) is 0. The molecule has 6 heteroatoms. The molecule has 0 aromatic rings. The predicted molar refractivity (Wildman–Crippen MR) is 60.7 cm³/mol. The summed E-state index contributed by atoms with van der Waals surface area (Å²) in [6.45, 7) is 7.93. The first kappa shape index (κ1) is 15.4. The maximum absolute atomic E-state index is 11.3. The van der Waals surface area contributed by atoms with E-state index in [2.05, 4.69) is 5.32 Å². The average Bonchev–Trinajstić information content (AvgIpc) is 2.11. The molecule has 0 atom stereocenters. The average molecular weight is 245 g/mol. The van der Waals surface area contributed by atoms with Gasteiger partial charge in [-0.05, 0) is 20.8 Å². The van der Waals surface area contributed by atoms with Gasteiger partial charge in [0.05, 0.1) is 5.41 Å². The smallest absolute Gasteiger partial charge is 0.407 e. The minimum atomic E-state index is -1.51. The third-order valence-corrected chi connectivity index (χ3v) is 1.88. The van der Waals surface area contributed by atoms with E-state index in [0.29, 0.717) is 0 Å². The second-order valence-electron chi connectivity index (χ2n) is 5.37. The Morgan fingerprint density at radius 1 is 1.12 bits per heavy atom. The van der Waals surface area contributed by atoms with Crippen molar-refractivity contribution in [2.24, 2.45) is 5.41 Å². The molecule has 0 saturated carbocycles. The molecular formula is C11H19NO5. The highest BCUT2D eigenvalue weighted by Gasteiger charge is 2.33. The predicted octanol–water partition coefficient (Wildman–Crippen LogP) is 1.19. The fourth-order valence-electron chi connectivity index (χ4n) is 0.977. The van der Waals surface area contributed by atoms with Gasteiger partial charge >= 0.3 is 12.1 Å². The zero-order valence-corrected chi connectivity index (χ0v) is 10.8. The van der Waals surface area contributed by atoms with Crippen molar-refractivity contribution in [3.8, 4) is 0 Å². The summed E-state index contributed by atoms with van der Waals surface area (Å²) in [5.74, 6) is -2.46.